The largest absolute Gasteiger partial charge is 0.324 e. The molecule has 3 rings (SSSR count). The van der Waals surface area contributed by atoms with Crippen molar-refractivity contribution in [1.29, 1.82) is 0 Å². The number of benzene rings is 2. The molecule has 3 aromatic rings. The predicted octanol–water partition coefficient (Wildman–Crippen LogP) is 4.55. The van der Waals surface area contributed by atoms with E-state index in [2.05, 4.69) is 8.80 Å². The molecule has 0 fully saturated rings. The molecule has 0 unspecified atom stereocenters. The Morgan fingerprint density at radius 1 is 0.852 bits per heavy atom. The van der Waals surface area contributed by atoms with Gasteiger partial charge in [-0.05, 0) is 36.4 Å². The molecule has 0 spiro atoms. The Morgan fingerprint density at radius 2 is 1.48 bits per heavy atom. The zero-order valence-corrected chi connectivity index (χ0v) is 16.3. The van der Waals surface area contributed by atoms with Crippen LogP contribution in [0.15, 0.2) is 86.5 Å². The highest BCUT2D eigenvalue weighted by molar-refractivity contribution is 7.93. The Labute approximate surface area is 165 Å². The van der Waals surface area contributed by atoms with E-state index in [1.54, 1.807) is 42.6 Å². The second kappa shape index (κ2) is 9.47. The number of para-hydroxylation sites is 1. The van der Waals surface area contributed by atoms with Crippen LogP contribution in [-0.2, 0) is 14.4 Å². The standard InChI is InChI=1S/C18H14N2O4S3/c21-27(22,18-9-5-2-6-10-18)20-14-17-12-11-16(25-17)13-19-26-24-23-15-7-3-1-4-8-15/h1-14H/b19-13+,20-14+. The fourth-order valence-corrected chi connectivity index (χ4v) is 3.97. The molecule has 138 valence electrons. The third-order valence-corrected chi connectivity index (χ3v) is 5.66. The van der Waals surface area contributed by atoms with E-state index < -0.39 is 10.0 Å². The first-order valence-electron chi connectivity index (χ1n) is 7.67. The second-order valence-corrected chi connectivity index (χ2v) is 8.31. The number of rotatable bonds is 8. The molecule has 1 aromatic heterocycles. The van der Waals surface area contributed by atoms with E-state index in [9.17, 15) is 8.42 Å². The van der Waals surface area contributed by atoms with Gasteiger partial charge in [0.05, 0.1) is 17.3 Å². The molecule has 0 amide bonds. The smallest absolute Gasteiger partial charge is 0.282 e. The topological polar surface area (TPSA) is 77.3 Å². The van der Waals surface area contributed by atoms with Crippen LogP contribution in [-0.4, -0.2) is 20.8 Å². The van der Waals surface area contributed by atoms with Gasteiger partial charge in [-0.25, -0.2) is 0 Å². The normalized spacial score (nSPS) is 12.0. The van der Waals surface area contributed by atoms with Crippen molar-refractivity contribution in [3.05, 3.63) is 82.6 Å². The van der Waals surface area contributed by atoms with Crippen molar-refractivity contribution < 1.29 is 17.6 Å². The summed E-state index contributed by atoms with van der Waals surface area (Å²) in [6.45, 7) is 0. The van der Waals surface area contributed by atoms with Crippen LogP contribution in [0.3, 0.4) is 0 Å². The fraction of sp³-hybridized carbons (Fsp3) is 0. The van der Waals surface area contributed by atoms with Gasteiger partial charge in [-0.3, -0.25) is 0 Å². The van der Waals surface area contributed by atoms with Crippen LogP contribution in [0.5, 0.6) is 5.75 Å². The molecule has 1 heterocycles. The van der Waals surface area contributed by atoms with Gasteiger partial charge in [-0.15, -0.1) is 11.3 Å². The Morgan fingerprint density at radius 3 is 2.19 bits per heavy atom. The van der Waals surface area contributed by atoms with Crippen LogP contribution < -0.4 is 4.89 Å². The van der Waals surface area contributed by atoms with Gasteiger partial charge in [0.2, 0.25) is 0 Å². The summed E-state index contributed by atoms with van der Waals surface area (Å²) in [5, 5.41) is 0. The van der Waals surface area contributed by atoms with E-state index in [1.807, 2.05) is 24.3 Å². The minimum Gasteiger partial charge on any atom is -0.324 e. The Bertz CT molecular complexity index is 1020. The maximum Gasteiger partial charge on any atom is 0.282 e. The van der Waals surface area contributed by atoms with E-state index in [-0.39, 0.29) is 4.90 Å². The van der Waals surface area contributed by atoms with Crippen LogP contribution in [0.4, 0.5) is 0 Å². The van der Waals surface area contributed by atoms with Crippen molar-refractivity contribution in [1.82, 2.24) is 0 Å². The summed E-state index contributed by atoms with van der Waals surface area (Å²) in [6.07, 6.45) is 2.92. The molecule has 0 bridgehead atoms. The van der Waals surface area contributed by atoms with Crippen molar-refractivity contribution in [2.45, 2.75) is 4.90 Å². The summed E-state index contributed by atoms with van der Waals surface area (Å²) in [5.74, 6) is 0.578. The van der Waals surface area contributed by atoms with Crippen LogP contribution in [0.2, 0.25) is 0 Å². The monoisotopic (exact) mass is 418 g/mol. The number of thiophene rings is 1. The molecule has 2 aromatic carbocycles. The Kier molecular flexibility index (Phi) is 6.77. The quantitative estimate of drug-likeness (QED) is 0.134. The summed E-state index contributed by atoms with van der Waals surface area (Å²) in [5.41, 5.74) is 0. The average Bonchev–Trinajstić information content (AvgIpc) is 3.16. The minimum atomic E-state index is -3.70. The minimum absolute atomic E-state index is 0.159. The van der Waals surface area contributed by atoms with Crippen LogP contribution in [0.25, 0.3) is 0 Å². The van der Waals surface area contributed by atoms with Gasteiger partial charge in [0.25, 0.3) is 10.0 Å². The highest BCUT2D eigenvalue weighted by Crippen LogP contribution is 2.17. The average molecular weight is 419 g/mol. The summed E-state index contributed by atoms with van der Waals surface area (Å²) in [4.78, 5) is 6.71. The van der Waals surface area contributed by atoms with Crippen molar-refractivity contribution in [2.75, 3.05) is 0 Å². The Balaban J connectivity index is 1.52. The lowest BCUT2D eigenvalue weighted by atomic mass is 10.3. The molecular formula is C18H14N2O4S3. The number of hydrogen-bond acceptors (Lipinski definition) is 7. The van der Waals surface area contributed by atoms with E-state index in [0.29, 0.717) is 10.6 Å². The first-order chi connectivity index (χ1) is 13.1. The van der Waals surface area contributed by atoms with E-state index in [1.165, 1.54) is 29.7 Å². The first-order valence-corrected chi connectivity index (χ1v) is 10.6. The maximum atomic E-state index is 12.1. The van der Waals surface area contributed by atoms with Crippen molar-refractivity contribution in [3.63, 3.8) is 0 Å². The van der Waals surface area contributed by atoms with Gasteiger partial charge in [0.1, 0.15) is 0 Å². The maximum absolute atomic E-state index is 12.1. The van der Waals surface area contributed by atoms with Gasteiger partial charge in [0.15, 0.2) is 18.0 Å². The van der Waals surface area contributed by atoms with Crippen molar-refractivity contribution >= 4 is 46.0 Å². The van der Waals surface area contributed by atoms with E-state index >= 15 is 0 Å². The van der Waals surface area contributed by atoms with E-state index in [0.717, 1.165) is 17.1 Å². The molecular weight excluding hydrogens is 404 g/mol. The predicted molar refractivity (Wildman–Crippen MR) is 109 cm³/mol. The summed E-state index contributed by atoms with van der Waals surface area (Å²) >= 11 is 2.14. The molecule has 27 heavy (non-hydrogen) atoms. The lowest BCUT2D eigenvalue weighted by Crippen LogP contribution is -1.96. The van der Waals surface area contributed by atoms with Gasteiger partial charge in [0, 0.05) is 9.75 Å². The highest BCUT2D eigenvalue weighted by atomic mass is 32.2. The first kappa shape index (κ1) is 19.3. The Hall–Kier alpha value is -2.46. The van der Waals surface area contributed by atoms with Gasteiger partial charge in [-0.1, -0.05) is 40.7 Å². The molecule has 6 nitrogen and oxygen atoms in total. The number of nitrogens with zero attached hydrogens (tertiary/aromatic N) is 2. The highest BCUT2D eigenvalue weighted by Gasteiger charge is 2.10. The lowest BCUT2D eigenvalue weighted by molar-refractivity contribution is -0.0776. The number of sulfonamides is 1. The SMILES string of the molecule is O=S(=O)(/N=C/c1ccc(/C=N/SOOc2ccccc2)s1)c1ccccc1. The van der Waals surface area contributed by atoms with Gasteiger partial charge < -0.3 is 4.89 Å². The summed E-state index contributed by atoms with van der Waals surface area (Å²) < 4.78 is 36.9. The van der Waals surface area contributed by atoms with Crippen molar-refractivity contribution in [3.8, 4) is 5.75 Å². The molecule has 0 aliphatic carbocycles. The van der Waals surface area contributed by atoms with Crippen LogP contribution >= 0.6 is 23.6 Å². The fourth-order valence-electron chi connectivity index (χ4n) is 1.90. The van der Waals surface area contributed by atoms with E-state index in [4.69, 9.17) is 9.22 Å². The molecule has 0 radical (unpaired) electrons. The van der Waals surface area contributed by atoms with Crippen molar-refractivity contribution in [2.24, 2.45) is 8.80 Å². The summed E-state index contributed by atoms with van der Waals surface area (Å²) in [6, 6.07) is 20.7. The molecule has 0 saturated heterocycles. The lowest BCUT2D eigenvalue weighted by Gasteiger charge is -1.98. The molecule has 0 saturated carbocycles. The van der Waals surface area contributed by atoms with Crippen LogP contribution in [0.1, 0.15) is 9.75 Å². The molecule has 0 atom stereocenters. The molecule has 0 aliphatic rings. The van der Waals surface area contributed by atoms with Gasteiger partial charge in [-0.2, -0.15) is 17.2 Å². The summed E-state index contributed by atoms with van der Waals surface area (Å²) in [7, 11) is -3.70. The molecule has 0 aliphatic heterocycles. The zero-order valence-electron chi connectivity index (χ0n) is 13.8. The van der Waals surface area contributed by atoms with Gasteiger partial charge >= 0.3 is 0 Å². The van der Waals surface area contributed by atoms with Crippen LogP contribution in [0, 0.1) is 0 Å². The third kappa shape index (κ3) is 6.04. The zero-order chi connectivity index (χ0) is 19.0. The number of hydrogen-bond donors (Lipinski definition) is 0. The molecule has 0 N–H and O–H groups in total. The third-order valence-electron chi connectivity index (χ3n) is 3.13. The molecule has 9 heteroatoms. The second-order valence-electron chi connectivity index (χ2n) is 5.04.